The van der Waals surface area contributed by atoms with Gasteiger partial charge in [0.1, 0.15) is 6.61 Å². The summed E-state index contributed by atoms with van der Waals surface area (Å²) in [6, 6.07) is 5.08. The lowest BCUT2D eigenvalue weighted by Crippen LogP contribution is -2.35. The number of hydrogen-bond acceptors (Lipinski definition) is 4. The van der Waals surface area contributed by atoms with Crippen LogP contribution in [0, 0.1) is 5.82 Å². The predicted molar refractivity (Wildman–Crippen MR) is 61.8 cm³/mol. The van der Waals surface area contributed by atoms with Crippen molar-refractivity contribution in [3.05, 3.63) is 30.1 Å². The Balaban J connectivity index is 1.94. The molecule has 0 spiro atoms. The average Bonchev–Trinajstić information content (AvgIpc) is 2.58. The van der Waals surface area contributed by atoms with E-state index >= 15 is 0 Å². The largest absolute Gasteiger partial charge is 0.489 e. The van der Waals surface area contributed by atoms with Crippen LogP contribution >= 0.6 is 0 Å². The molecular weight excluding hydrogens is 255 g/mol. The Morgan fingerprint density at radius 1 is 1.16 bits per heavy atom. The smallest absolute Gasteiger partial charge is 0.334 e. The number of carbonyl (C=O) groups is 3. The Kier molecular flexibility index (Phi) is 3.46. The van der Waals surface area contributed by atoms with Gasteiger partial charge in [-0.3, -0.25) is 19.4 Å². The highest BCUT2D eigenvalue weighted by Crippen LogP contribution is 2.16. The van der Waals surface area contributed by atoms with Crippen LogP contribution in [0.2, 0.25) is 0 Å². The molecule has 0 radical (unpaired) electrons. The number of ether oxygens (including phenoxy) is 1. The van der Waals surface area contributed by atoms with Crippen LogP contribution in [0.5, 0.6) is 5.75 Å². The minimum absolute atomic E-state index is 0.0290. The first-order chi connectivity index (χ1) is 9.02. The van der Waals surface area contributed by atoms with Crippen LogP contribution in [-0.4, -0.2) is 47.8 Å². The summed E-state index contributed by atoms with van der Waals surface area (Å²) in [6.07, 6.45) is 0. The molecule has 1 aliphatic rings. The van der Waals surface area contributed by atoms with Gasteiger partial charge in [0.05, 0.1) is 6.54 Å². The minimum Gasteiger partial charge on any atom is -0.489 e. The zero-order valence-corrected chi connectivity index (χ0v) is 10.1. The zero-order valence-electron chi connectivity index (χ0n) is 10.1. The number of imide groups is 2. The Morgan fingerprint density at radius 3 is 2.42 bits per heavy atom. The molecule has 0 aromatic heterocycles. The first-order valence-corrected chi connectivity index (χ1v) is 5.53. The zero-order chi connectivity index (χ0) is 14.0. The second-order valence-corrected chi connectivity index (χ2v) is 3.88. The summed E-state index contributed by atoms with van der Waals surface area (Å²) in [5.74, 6) is -2.28. The molecule has 2 rings (SSSR count). The fourth-order valence-electron chi connectivity index (χ4n) is 1.62. The minimum atomic E-state index is -0.898. The van der Waals surface area contributed by atoms with Gasteiger partial charge in [-0.05, 0) is 12.1 Å². The van der Waals surface area contributed by atoms with Gasteiger partial charge < -0.3 is 4.74 Å². The van der Waals surface area contributed by atoms with Crippen molar-refractivity contribution in [3.63, 3.8) is 0 Å². The second-order valence-electron chi connectivity index (χ2n) is 3.88. The summed E-state index contributed by atoms with van der Waals surface area (Å²) in [5.41, 5.74) is 0. The maximum absolute atomic E-state index is 13.2. The number of benzene rings is 1. The van der Waals surface area contributed by atoms with Gasteiger partial charge in [-0.2, -0.15) is 0 Å². The van der Waals surface area contributed by atoms with Gasteiger partial charge in [-0.1, -0.05) is 12.1 Å². The lowest BCUT2D eigenvalue weighted by Gasteiger charge is -2.13. The molecule has 1 aromatic carbocycles. The number of urea groups is 1. The monoisotopic (exact) mass is 266 g/mol. The average molecular weight is 266 g/mol. The molecule has 0 N–H and O–H groups in total. The molecule has 6 nitrogen and oxygen atoms in total. The lowest BCUT2D eigenvalue weighted by molar-refractivity contribution is -0.142. The molecule has 1 heterocycles. The van der Waals surface area contributed by atoms with Crippen molar-refractivity contribution in [2.24, 2.45) is 0 Å². The fourth-order valence-corrected chi connectivity index (χ4v) is 1.62. The third kappa shape index (κ3) is 2.40. The van der Waals surface area contributed by atoms with E-state index in [9.17, 15) is 18.8 Å². The molecule has 0 saturated carbocycles. The summed E-state index contributed by atoms with van der Waals surface area (Å²) in [4.78, 5) is 35.7. The van der Waals surface area contributed by atoms with Crippen LogP contribution in [0.25, 0.3) is 0 Å². The predicted octanol–water partition coefficient (Wildman–Crippen LogP) is 0.625. The molecule has 19 heavy (non-hydrogen) atoms. The van der Waals surface area contributed by atoms with Crippen LogP contribution in [-0.2, 0) is 9.59 Å². The van der Waals surface area contributed by atoms with E-state index in [1.54, 1.807) is 6.07 Å². The van der Waals surface area contributed by atoms with Gasteiger partial charge in [0.25, 0.3) is 0 Å². The number of nitrogens with zero attached hydrogens (tertiary/aromatic N) is 2. The maximum atomic E-state index is 13.2. The number of para-hydroxylation sites is 1. The fraction of sp³-hybridized carbons (Fsp3) is 0.250. The third-order valence-electron chi connectivity index (χ3n) is 2.66. The second kappa shape index (κ2) is 5.05. The number of rotatable bonds is 4. The van der Waals surface area contributed by atoms with Crippen molar-refractivity contribution >= 4 is 17.8 Å². The molecule has 1 aliphatic heterocycles. The SMILES string of the molecule is CN1C(=O)C(=O)N(CCOc2ccccc2F)C1=O. The van der Waals surface area contributed by atoms with Gasteiger partial charge >= 0.3 is 17.8 Å². The molecular formula is C12H11FN2O4. The highest BCUT2D eigenvalue weighted by molar-refractivity contribution is 6.44. The number of amides is 4. The van der Waals surface area contributed by atoms with Gasteiger partial charge in [0.15, 0.2) is 11.6 Å². The lowest BCUT2D eigenvalue weighted by atomic mass is 10.3. The molecule has 0 bridgehead atoms. The van der Waals surface area contributed by atoms with E-state index in [2.05, 4.69) is 0 Å². The maximum Gasteiger partial charge on any atom is 0.334 e. The molecule has 0 atom stereocenters. The van der Waals surface area contributed by atoms with Crippen LogP contribution in [0.15, 0.2) is 24.3 Å². The van der Waals surface area contributed by atoms with E-state index < -0.39 is 23.7 Å². The van der Waals surface area contributed by atoms with Gasteiger partial charge in [0.2, 0.25) is 0 Å². The van der Waals surface area contributed by atoms with Gasteiger partial charge in [-0.25, -0.2) is 9.18 Å². The van der Waals surface area contributed by atoms with Crippen molar-refractivity contribution < 1.29 is 23.5 Å². The molecule has 7 heteroatoms. The number of carbonyl (C=O) groups excluding carboxylic acids is 3. The summed E-state index contributed by atoms with van der Waals surface area (Å²) < 4.78 is 18.3. The number of likely N-dealkylation sites (N-methyl/N-ethyl adjacent to an activating group) is 1. The van der Waals surface area contributed by atoms with E-state index in [1.165, 1.54) is 25.2 Å². The molecule has 1 aromatic rings. The van der Waals surface area contributed by atoms with Crippen molar-refractivity contribution in [2.75, 3.05) is 20.2 Å². The molecule has 4 amide bonds. The molecule has 1 saturated heterocycles. The summed E-state index contributed by atoms with van der Waals surface area (Å²) in [5, 5.41) is 0. The highest BCUT2D eigenvalue weighted by Gasteiger charge is 2.41. The van der Waals surface area contributed by atoms with Crippen molar-refractivity contribution in [3.8, 4) is 5.75 Å². The van der Waals surface area contributed by atoms with E-state index in [0.717, 1.165) is 9.80 Å². The van der Waals surface area contributed by atoms with E-state index in [0.29, 0.717) is 0 Å². The Labute approximate surface area is 108 Å². The summed E-state index contributed by atoms with van der Waals surface area (Å²) >= 11 is 0. The quantitative estimate of drug-likeness (QED) is 0.592. The van der Waals surface area contributed by atoms with Crippen LogP contribution < -0.4 is 4.74 Å². The van der Waals surface area contributed by atoms with E-state index in [1.807, 2.05) is 0 Å². The summed E-state index contributed by atoms with van der Waals surface area (Å²) in [7, 11) is 1.22. The van der Waals surface area contributed by atoms with Crippen molar-refractivity contribution in [2.45, 2.75) is 0 Å². The van der Waals surface area contributed by atoms with E-state index in [-0.39, 0.29) is 18.9 Å². The van der Waals surface area contributed by atoms with Crippen molar-refractivity contribution in [1.82, 2.24) is 9.80 Å². The number of hydrogen-bond donors (Lipinski definition) is 0. The summed E-state index contributed by atoms with van der Waals surface area (Å²) in [6.45, 7) is -0.193. The van der Waals surface area contributed by atoms with E-state index in [4.69, 9.17) is 4.74 Å². The first kappa shape index (κ1) is 13.0. The third-order valence-corrected chi connectivity index (χ3v) is 2.66. The first-order valence-electron chi connectivity index (χ1n) is 5.53. The van der Waals surface area contributed by atoms with Crippen molar-refractivity contribution in [1.29, 1.82) is 0 Å². The molecule has 100 valence electrons. The Morgan fingerprint density at radius 2 is 1.84 bits per heavy atom. The van der Waals surface area contributed by atoms with Gasteiger partial charge in [0, 0.05) is 7.05 Å². The molecule has 0 unspecified atom stereocenters. The topological polar surface area (TPSA) is 66.9 Å². The Bertz CT molecular complexity index is 546. The molecule has 0 aliphatic carbocycles. The highest BCUT2D eigenvalue weighted by atomic mass is 19.1. The van der Waals surface area contributed by atoms with Crippen LogP contribution in [0.3, 0.4) is 0 Å². The van der Waals surface area contributed by atoms with Crippen LogP contribution in [0.1, 0.15) is 0 Å². The number of halogens is 1. The van der Waals surface area contributed by atoms with Crippen LogP contribution in [0.4, 0.5) is 9.18 Å². The standard InChI is InChI=1S/C12H11FN2O4/c1-14-10(16)11(17)15(12(14)18)6-7-19-9-5-3-2-4-8(9)13/h2-5H,6-7H2,1H3. The normalized spacial score (nSPS) is 15.4. The molecule has 1 fully saturated rings. The van der Waals surface area contributed by atoms with Gasteiger partial charge in [-0.15, -0.1) is 0 Å². The Hall–Kier alpha value is -2.44.